The molecular formula is C19H17N3O5. The average Bonchev–Trinajstić information content (AvgIpc) is 2.64. The van der Waals surface area contributed by atoms with Crippen molar-refractivity contribution < 1.29 is 19.6 Å². The second kappa shape index (κ2) is 7.28. The Morgan fingerprint density at radius 2 is 2.04 bits per heavy atom. The van der Waals surface area contributed by atoms with Crippen molar-refractivity contribution in [2.75, 3.05) is 0 Å². The number of nitrogens with zero attached hydrogens (tertiary/aromatic N) is 1. The molecule has 8 heteroatoms. The number of carbonyl (C=O) groups is 2. The number of aromatic hydroxyl groups is 1. The van der Waals surface area contributed by atoms with E-state index in [0.717, 1.165) is 10.8 Å². The molecule has 0 radical (unpaired) electrons. The number of imide groups is 1. The van der Waals surface area contributed by atoms with Crippen LogP contribution in [0.3, 0.4) is 0 Å². The molecule has 0 aromatic heterocycles. The predicted molar refractivity (Wildman–Crippen MR) is 99.0 cm³/mol. The number of phenolic OH excluding ortho intramolecular Hbond substituents is 1. The van der Waals surface area contributed by atoms with Crippen molar-refractivity contribution in [2.24, 2.45) is 0 Å². The summed E-state index contributed by atoms with van der Waals surface area (Å²) in [4.78, 5) is 34.7. The van der Waals surface area contributed by atoms with E-state index in [4.69, 9.17) is 0 Å². The Morgan fingerprint density at radius 3 is 2.78 bits per heavy atom. The van der Waals surface area contributed by atoms with E-state index in [-0.39, 0.29) is 23.4 Å². The van der Waals surface area contributed by atoms with Gasteiger partial charge in [0.1, 0.15) is 5.75 Å². The van der Waals surface area contributed by atoms with Crippen LogP contribution in [0.1, 0.15) is 22.3 Å². The summed E-state index contributed by atoms with van der Waals surface area (Å²) in [6, 6.07) is 6.42. The van der Waals surface area contributed by atoms with Crippen LogP contribution in [0.2, 0.25) is 0 Å². The second-order valence-electron chi connectivity index (χ2n) is 6.17. The van der Waals surface area contributed by atoms with E-state index in [2.05, 4.69) is 10.6 Å². The molecule has 1 atom stereocenters. The number of urea groups is 1. The SMILES string of the molecule is Cc1c(O)ccc2cc(C(=O)NC(=O)NC3=CC([N+](=O)[O-])CC=C3)ccc12. The third kappa shape index (κ3) is 3.95. The summed E-state index contributed by atoms with van der Waals surface area (Å²) in [6.45, 7) is 1.77. The monoisotopic (exact) mass is 367 g/mol. The molecular weight excluding hydrogens is 350 g/mol. The first-order valence-corrected chi connectivity index (χ1v) is 8.21. The molecule has 8 nitrogen and oxygen atoms in total. The fourth-order valence-electron chi connectivity index (χ4n) is 2.85. The molecule has 1 aliphatic carbocycles. The summed E-state index contributed by atoms with van der Waals surface area (Å²) < 4.78 is 0. The van der Waals surface area contributed by atoms with Gasteiger partial charge in [0.25, 0.3) is 5.91 Å². The number of rotatable bonds is 3. The number of benzene rings is 2. The second-order valence-corrected chi connectivity index (χ2v) is 6.17. The van der Waals surface area contributed by atoms with Crippen LogP contribution in [0.5, 0.6) is 5.75 Å². The fraction of sp³-hybridized carbons (Fsp3) is 0.158. The van der Waals surface area contributed by atoms with Gasteiger partial charge in [-0.1, -0.05) is 18.2 Å². The molecule has 2 aromatic rings. The van der Waals surface area contributed by atoms with Crippen LogP contribution in [-0.2, 0) is 0 Å². The summed E-state index contributed by atoms with van der Waals surface area (Å²) >= 11 is 0. The lowest BCUT2D eigenvalue weighted by molar-refractivity contribution is -0.508. The summed E-state index contributed by atoms with van der Waals surface area (Å²) in [5.74, 6) is -0.438. The van der Waals surface area contributed by atoms with Gasteiger partial charge in [-0.15, -0.1) is 0 Å². The molecule has 138 valence electrons. The van der Waals surface area contributed by atoms with Gasteiger partial charge in [-0.3, -0.25) is 20.2 Å². The van der Waals surface area contributed by atoms with Crippen molar-refractivity contribution in [3.05, 3.63) is 75.5 Å². The molecule has 27 heavy (non-hydrogen) atoms. The maximum atomic E-state index is 12.3. The van der Waals surface area contributed by atoms with E-state index >= 15 is 0 Å². The van der Waals surface area contributed by atoms with Gasteiger partial charge in [-0.2, -0.15) is 0 Å². The maximum absolute atomic E-state index is 12.3. The molecule has 0 heterocycles. The number of hydrogen-bond donors (Lipinski definition) is 3. The Kier molecular flexibility index (Phi) is 4.89. The van der Waals surface area contributed by atoms with Crippen molar-refractivity contribution >= 4 is 22.7 Å². The van der Waals surface area contributed by atoms with Gasteiger partial charge in [0, 0.05) is 28.7 Å². The zero-order valence-electron chi connectivity index (χ0n) is 14.4. The zero-order chi connectivity index (χ0) is 19.6. The minimum absolute atomic E-state index is 0.168. The molecule has 0 aliphatic heterocycles. The third-order valence-corrected chi connectivity index (χ3v) is 4.33. The average molecular weight is 367 g/mol. The van der Waals surface area contributed by atoms with E-state index in [1.165, 1.54) is 6.08 Å². The highest BCUT2D eigenvalue weighted by Crippen LogP contribution is 2.26. The van der Waals surface area contributed by atoms with Crippen molar-refractivity contribution in [1.29, 1.82) is 0 Å². The minimum atomic E-state index is -0.902. The third-order valence-electron chi connectivity index (χ3n) is 4.33. The first-order chi connectivity index (χ1) is 12.8. The van der Waals surface area contributed by atoms with Crippen LogP contribution >= 0.6 is 0 Å². The lowest BCUT2D eigenvalue weighted by Gasteiger charge is -2.12. The maximum Gasteiger partial charge on any atom is 0.326 e. The van der Waals surface area contributed by atoms with Crippen LogP contribution in [0.15, 0.2) is 54.3 Å². The molecule has 3 rings (SSSR count). The highest BCUT2D eigenvalue weighted by atomic mass is 16.6. The van der Waals surface area contributed by atoms with Gasteiger partial charge in [-0.05, 0) is 47.5 Å². The highest BCUT2D eigenvalue weighted by Gasteiger charge is 2.20. The lowest BCUT2D eigenvalue weighted by atomic mass is 10.0. The number of hydrogen-bond acceptors (Lipinski definition) is 5. The molecule has 1 aliphatic rings. The standard InChI is InChI=1S/C19H17N3O5/c1-11-16-7-5-13(9-12(16)6-8-17(11)23)18(24)21-19(25)20-14-3-2-4-15(10-14)22(26)27/h2-3,5-10,15,23H,4H2,1H3,(H2,20,21,24,25). The summed E-state index contributed by atoms with van der Waals surface area (Å²) in [5.41, 5.74) is 1.24. The van der Waals surface area contributed by atoms with E-state index in [9.17, 15) is 24.8 Å². The number of fused-ring (bicyclic) bond motifs is 1. The Morgan fingerprint density at radius 1 is 1.26 bits per heavy atom. The molecule has 3 amide bonds. The molecule has 2 aromatic carbocycles. The topological polar surface area (TPSA) is 122 Å². The first kappa shape index (κ1) is 18.1. The van der Waals surface area contributed by atoms with Crippen LogP contribution in [0, 0.1) is 17.0 Å². The van der Waals surface area contributed by atoms with Gasteiger partial charge >= 0.3 is 6.03 Å². The first-order valence-electron chi connectivity index (χ1n) is 8.21. The Hall–Kier alpha value is -3.68. The molecule has 0 saturated heterocycles. The Balaban J connectivity index is 1.71. The van der Waals surface area contributed by atoms with Crippen molar-refractivity contribution in [1.82, 2.24) is 10.6 Å². The number of aryl methyl sites for hydroxylation is 1. The number of nitro groups is 1. The van der Waals surface area contributed by atoms with Gasteiger partial charge in [-0.25, -0.2) is 4.79 Å². The van der Waals surface area contributed by atoms with Crippen LogP contribution in [0.25, 0.3) is 10.8 Å². The molecule has 1 unspecified atom stereocenters. The van der Waals surface area contributed by atoms with Gasteiger partial charge in [0.05, 0.1) is 0 Å². The number of amides is 3. The van der Waals surface area contributed by atoms with E-state index in [0.29, 0.717) is 5.56 Å². The number of phenols is 1. The van der Waals surface area contributed by atoms with Crippen molar-refractivity contribution in [3.63, 3.8) is 0 Å². The normalized spacial score (nSPS) is 15.9. The van der Waals surface area contributed by atoms with Crippen LogP contribution in [-0.4, -0.2) is 28.0 Å². The summed E-state index contributed by atoms with van der Waals surface area (Å²) in [5, 5.41) is 26.7. The number of nitrogens with one attached hydrogen (secondary N) is 2. The molecule has 3 N–H and O–H groups in total. The number of allylic oxidation sites excluding steroid dienone is 1. The van der Waals surface area contributed by atoms with Gasteiger partial charge in [0.2, 0.25) is 6.04 Å². The smallest absolute Gasteiger partial charge is 0.326 e. The van der Waals surface area contributed by atoms with Crippen LogP contribution in [0.4, 0.5) is 4.79 Å². The Labute approximate surface area is 154 Å². The number of carbonyl (C=O) groups excluding carboxylic acids is 2. The van der Waals surface area contributed by atoms with Crippen molar-refractivity contribution in [3.8, 4) is 5.75 Å². The van der Waals surface area contributed by atoms with Crippen molar-refractivity contribution in [2.45, 2.75) is 19.4 Å². The lowest BCUT2D eigenvalue weighted by Crippen LogP contribution is -2.39. The predicted octanol–water partition coefficient (Wildman–Crippen LogP) is 2.78. The largest absolute Gasteiger partial charge is 0.508 e. The zero-order valence-corrected chi connectivity index (χ0v) is 14.4. The Bertz CT molecular complexity index is 1010. The van der Waals surface area contributed by atoms with Gasteiger partial charge < -0.3 is 10.4 Å². The molecule has 0 saturated carbocycles. The van der Waals surface area contributed by atoms with E-state index < -0.39 is 22.9 Å². The van der Waals surface area contributed by atoms with E-state index in [1.807, 2.05) is 0 Å². The fourth-order valence-corrected chi connectivity index (χ4v) is 2.85. The molecule has 0 spiro atoms. The summed E-state index contributed by atoms with van der Waals surface area (Å²) in [7, 11) is 0. The molecule has 0 bridgehead atoms. The molecule has 0 fully saturated rings. The van der Waals surface area contributed by atoms with E-state index in [1.54, 1.807) is 49.4 Å². The summed E-state index contributed by atoms with van der Waals surface area (Å²) in [6.07, 6.45) is 4.72. The van der Waals surface area contributed by atoms with Gasteiger partial charge in [0.15, 0.2) is 0 Å². The van der Waals surface area contributed by atoms with Crippen LogP contribution < -0.4 is 10.6 Å². The quantitative estimate of drug-likeness (QED) is 0.569. The minimum Gasteiger partial charge on any atom is -0.508 e. The highest BCUT2D eigenvalue weighted by molar-refractivity contribution is 6.06.